The Kier molecular flexibility index (Phi) is 2.53. The van der Waals surface area contributed by atoms with Crippen molar-refractivity contribution in [3.05, 3.63) is 33.0 Å². The van der Waals surface area contributed by atoms with Gasteiger partial charge in [0, 0.05) is 23.1 Å². The molecule has 0 amide bonds. The standard InChI is InChI=1S/C9H7BrClF2N/c10-6-2-1-5(8(12)7(6)11)9(13)3-14-4-9/h1-2,14H,3-4H2. The van der Waals surface area contributed by atoms with E-state index in [1.165, 1.54) is 6.07 Å². The molecule has 0 spiro atoms. The van der Waals surface area contributed by atoms with E-state index in [0.717, 1.165) is 0 Å². The van der Waals surface area contributed by atoms with Gasteiger partial charge in [-0.25, -0.2) is 8.78 Å². The summed E-state index contributed by atoms with van der Waals surface area (Å²) in [5, 5.41) is 2.70. The molecule has 0 aromatic heterocycles. The first kappa shape index (κ1) is 10.3. The summed E-state index contributed by atoms with van der Waals surface area (Å²) in [4.78, 5) is 0. The van der Waals surface area contributed by atoms with Gasteiger partial charge in [-0.15, -0.1) is 0 Å². The lowest BCUT2D eigenvalue weighted by atomic mass is 9.90. The molecule has 1 heterocycles. The van der Waals surface area contributed by atoms with Crippen LogP contribution in [0.1, 0.15) is 5.56 Å². The van der Waals surface area contributed by atoms with Crippen molar-refractivity contribution < 1.29 is 8.78 Å². The van der Waals surface area contributed by atoms with Crippen LogP contribution in [-0.2, 0) is 5.67 Å². The minimum absolute atomic E-state index is 0.0319. The highest BCUT2D eigenvalue weighted by molar-refractivity contribution is 9.10. The van der Waals surface area contributed by atoms with Gasteiger partial charge < -0.3 is 5.32 Å². The van der Waals surface area contributed by atoms with Gasteiger partial charge in [0.2, 0.25) is 0 Å². The van der Waals surface area contributed by atoms with Crippen LogP contribution >= 0.6 is 27.5 Å². The van der Waals surface area contributed by atoms with Crippen LogP contribution in [0.15, 0.2) is 16.6 Å². The average Bonchev–Trinajstić information content (AvgIpc) is 2.11. The van der Waals surface area contributed by atoms with Gasteiger partial charge >= 0.3 is 0 Å². The molecule has 1 N–H and O–H groups in total. The van der Waals surface area contributed by atoms with Gasteiger partial charge in [-0.2, -0.15) is 0 Å². The summed E-state index contributed by atoms with van der Waals surface area (Å²) in [6.07, 6.45) is 0. The normalized spacial score (nSPS) is 19.1. The van der Waals surface area contributed by atoms with E-state index in [2.05, 4.69) is 21.2 Å². The van der Waals surface area contributed by atoms with E-state index in [1.807, 2.05) is 0 Å². The van der Waals surface area contributed by atoms with Crippen molar-refractivity contribution in [3.63, 3.8) is 0 Å². The van der Waals surface area contributed by atoms with Crippen LogP contribution in [0.4, 0.5) is 8.78 Å². The summed E-state index contributed by atoms with van der Waals surface area (Å²) in [6, 6.07) is 2.98. The highest BCUT2D eigenvalue weighted by atomic mass is 79.9. The molecule has 76 valence electrons. The fraction of sp³-hybridized carbons (Fsp3) is 0.333. The second-order valence-corrected chi connectivity index (χ2v) is 4.52. The highest BCUT2D eigenvalue weighted by Crippen LogP contribution is 2.37. The van der Waals surface area contributed by atoms with Crippen molar-refractivity contribution in [1.82, 2.24) is 5.32 Å². The fourth-order valence-corrected chi connectivity index (χ4v) is 1.88. The first-order valence-corrected chi connectivity index (χ1v) is 5.25. The fourth-order valence-electron chi connectivity index (χ4n) is 1.41. The Morgan fingerprint density at radius 1 is 1.43 bits per heavy atom. The number of nitrogens with one attached hydrogen (secondary N) is 1. The van der Waals surface area contributed by atoms with Crippen LogP contribution in [0.3, 0.4) is 0 Å². The molecule has 0 unspecified atom stereocenters. The largest absolute Gasteiger partial charge is 0.310 e. The maximum Gasteiger partial charge on any atom is 0.163 e. The smallest absolute Gasteiger partial charge is 0.163 e. The van der Waals surface area contributed by atoms with Crippen molar-refractivity contribution in [2.75, 3.05) is 13.1 Å². The third-order valence-corrected chi connectivity index (χ3v) is 3.59. The molecule has 0 atom stereocenters. The Balaban J connectivity index is 2.49. The lowest BCUT2D eigenvalue weighted by Gasteiger charge is -2.35. The van der Waals surface area contributed by atoms with Crippen LogP contribution < -0.4 is 5.32 Å². The van der Waals surface area contributed by atoms with Gasteiger partial charge in [0.05, 0.1) is 5.02 Å². The minimum atomic E-state index is -1.60. The molecule has 1 aliphatic heterocycles. The molecule has 2 rings (SSSR count). The van der Waals surface area contributed by atoms with Crippen LogP contribution in [0.2, 0.25) is 5.02 Å². The molecular weight excluding hydrogens is 275 g/mol. The Morgan fingerprint density at radius 2 is 2.07 bits per heavy atom. The van der Waals surface area contributed by atoms with E-state index in [4.69, 9.17) is 11.6 Å². The Morgan fingerprint density at radius 3 is 2.57 bits per heavy atom. The first-order valence-electron chi connectivity index (χ1n) is 4.08. The van der Waals surface area contributed by atoms with Crippen LogP contribution in [0.5, 0.6) is 0 Å². The first-order chi connectivity index (χ1) is 6.54. The van der Waals surface area contributed by atoms with Crippen LogP contribution in [0, 0.1) is 5.82 Å². The summed E-state index contributed by atoms with van der Waals surface area (Å²) >= 11 is 8.74. The van der Waals surface area contributed by atoms with Crippen molar-refractivity contribution in [1.29, 1.82) is 0 Å². The van der Waals surface area contributed by atoms with E-state index < -0.39 is 11.5 Å². The van der Waals surface area contributed by atoms with E-state index in [0.29, 0.717) is 4.47 Å². The molecule has 1 nitrogen and oxygen atoms in total. The van der Waals surface area contributed by atoms with Gasteiger partial charge in [-0.1, -0.05) is 17.7 Å². The molecule has 0 aliphatic carbocycles. The topological polar surface area (TPSA) is 12.0 Å². The molecule has 1 saturated heterocycles. The molecule has 0 saturated carbocycles. The Hall–Kier alpha value is -0.190. The lowest BCUT2D eigenvalue weighted by Crippen LogP contribution is -2.54. The van der Waals surface area contributed by atoms with Gasteiger partial charge in [0.25, 0.3) is 0 Å². The third-order valence-electron chi connectivity index (χ3n) is 2.33. The maximum atomic E-state index is 13.8. The van der Waals surface area contributed by atoms with E-state index >= 15 is 0 Å². The van der Waals surface area contributed by atoms with E-state index in [-0.39, 0.29) is 23.7 Å². The van der Waals surface area contributed by atoms with Crippen molar-refractivity contribution >= 4 is 27.5 Å². The molecular formula is C9H7BrClF2N. The number of halogens is 4. The van der Waals surface area contributed by atoms with Crippen molar-refractivity contribution in [2.24, 2.45) is 0 Å². The maximum absolute atomic E-state index is 13.8. The van der Waals surface area contributed by atoms with Crippen molar-refractivity contribution in [3.8, 4) is 0 Å². The summed E-state index contributed by atoms with van der Waals surface area (Å²) in [7, 11) is 0. The third kappa shape index (κ3) is 1.45. The molecule has 0 bridgehead atoms. The zero-order chi connectivity index (χ0) is 10.3. The van der Waals surface area contributed by atoms with Gasteiger partial charge in [0.1, 0.15) is 5.82 Å². The molecule has 1 aromatic rings. The predicted molar refractivity (Wildman–Crippen MR) is 54.8 cm³/mol. The molecule has 1 aromatic carbocycles. The predicted octanol–water partition coefficient (Wildman–Crippen LogP) is 3.01. The monoisotopic (exact) mass is 281 g/mol. The van der Waals surface area contributed by atoms with Gasteiger partial charge in [-0.3, -0.25) is 0 Å². The molecule has 5 heteroatoms. The zero-order valence-electron chi connectivity index (χ0n) is 7.08. The summed E-state index contributed by atoms with van der Waals surface area (Å²) < 4.78 is 27.8. The Labute approximate surface area is 93.6 Å². The van der Waals surface area contributed by atoms with Gasteiger partial charge in [-0.05, 0) is 22.0 Å². The zero-order valence-corrected chi connectivity index (χ0v) is 9.42. The number of rotatable bonds is 1. The second kappa shape index (κ2) is 3.43. The van der Waals surface area contributed by atoms with E-state index in [1.54, 1.807) is 6.07 Å². The number of benzene rings is 1. The quantitative estimate of drug-likeness (QED) is 0.781. The highest BCUT2D eigenvalue weighted by Gasteiger charge is 2.41. The second-order valence-electron chi connectivity index (χ2n) is 3.29. The number of alkyl halides is 1. The van der Waals surface area contributed by atoms with Crippen LogP contribution in [-0.4, -0.2) is 13.1 Å². The summed E-state index contributed by atoms with van der Waals surface area (Å²) in [5.74, 6) is -0.676. The van der Waals surface area contributed by atoms with Gasteiger partial charge in [0.15, 0.2) is 5.67 Å². The van der Waals surface area contributed by atoms with E-state index in [9.17, 15) is 8.78 Å². The number of hydrogen-bond donors (Lipinski definition) is 1. The minimum Gasteiger partial charge on any atom is -0.310 e. The average molecular weight is 283 g/mol. The lowest BCUT2D eigenvalue weighted by molar-refractivity contribution is 0.0847. The molecule has 1 aliphatic rings. The molecule has 0 radical (unpaired) electrons. The number of hydrogen-bond acceptors (Lipinski definition) is 1. The van der Waals surface area contributed by atoms with Crippen LogP contribution in [0.25, 0.3) is 0 Å². The summed E-state index contributed by atoms with van der Waals surface area (Å²) in [6.45, 7) is 0.282. The molecule has 14 heavy (non-hydrogen) atoms. The molecule has 1 fully saturated rings. The summed E-state index contributed by atoms with van der Waals surface area (Å²) in [5.41, 5.74) is -1.57. The Bertz CT molecular complexity index is 379. The van der Waals surface area contributed by atoms with Crippen molar-refractivity contribution in [2.45, 2.75) is 5.67 Å². The SMILES string of the molecule is Fc1c(C2(F)CNC2)ccc(Br)c1Cl.